The highest BCUT2D eigenvalue weighted by Crippen LogP contribution is 2.24. The topological polar surface area (TPSA) is 73.4 Å². The van der Waals surface area contributed by atoms with Crippen LogP contribution in [0.2, 0.25) is 0 Å². The van der Waals surface area contributed by atoms with Crippen LogP contribution in [0.5, 0.6) is 0 Å². The molecule has 5 nitrogen and oxygen atoms in total. The van der Waals surface area contributed by atoms with Gasteiger partial charge in [-0.15, -0.1) is 0 Å². The van der Waals surface area contributed by atoms with Crippen LogP contribution in [0, 0.1) is 0 Å². The summed E-state index contributed by atoms with van der Waals surface area (Å²) in [5.41, 5.74) is -0.559. The van der Waals surface area contributed by atoms with Crippen LogP contribution in [0.15, 0.2) is 35.3 Å². The maximum Gasteiger partial charge on any atom is 0.256 e. The van der Waals surface area contributed by atoms with E-state index in [1.807, 2.05) is 0 Å². The first-order chi connectivity index (χ1) is 9.48. The van der Waals surface area contributed by atoms with Crippen molar-refractivity contribution in [2.24, 2.45) is 0 Å². The first-order valence-corrected chi connectivity index (χ1v) is 6.60. The molecule has 1 aliphatic rings. The highest BCUT2D eigenvalue weighted by atomic mass is 16.3. The van der Waals surface area contributed by atoms with Gasteiger partial charge in [-0.2, -0.15) is 0 Å². The van der Waals surface area contributed by atoms with Crippen molar-refractivity contribution < 1.29 is 9.90 Å². The van der Waals surface area contributed by atoms with E-state index in [1.165, 1.54) is 6.20 Å². The number of fused-ring (bicyclic) bond motifs is 1. The fourth-order valence-corrected chi connectivity index (χ4v) is 2.67. The molecule has 5 heteroatoms. The number of H-pyrrole nitrogens is 1. The van der Waals surface area contributed by atoms with Crippen LogP contribution < -0.4 is 5.56 Å². The summed E-state index contributed by atoms with van der Waals surface area (Å²) in [6.07, 6.45) is 2.03. The molecule has 2 aromatic rings. The Morgan fingerprint density at radius 1 is 1.35 bits per heavy atom. The van der Waals surface area contributed by atoms with Crippen molar-refractivity contribution in [3.8, 4) is 0 Å². The van der Waals surface area contributed by atoms with Crippen molar-refractivity contribution in [1.29, 1.82) is 0 Å². The van der Waals surface area contributed by atoms with Gasteiger partial charge in [-0.05, 0) is 19.4 Å². The van der Waals surface area contributed by atoms with Gasteiger partial charge in [0.15, 0.2) is 0 Å². The fraction of sp³-hybridized carbons (Fsp3) is 0.333. The first-order valence-electron chi connectivity index (χ1n) is 6.60. The molecule has 1 aromatic heterocycles. The molecule has 0 unspecified atom stereocenters. The third-order valence-electron chi connectivity index (χ3n) is 3.78. The second-order valence-corrected chi connectivity index (χ2v) is 5.55. The average Bonchev–Trinajstić information content (AvgIpc) is 2.79. The SMILES string of the molecule is C[C@@]1(O)CCN(C(=O)c2c[nH]c(=O)c3ccccc23)C1. The highest BCUT2D eigenvalue weighted by Gasteiger charge is 2.34. The summed E-state index contributed by atoms with van der Waals surface area (Å²) < 4.78 is 0. The van der Waals surface area contributed by atoms with Crippen LogP contribution in [-0.4, -0.2) is 39.6 Å². The smallest absolute Gasteiger partial charge is 0.256 e. The number of carbonyl (C=O) groups excluding carboxylic acids is 1. The standard InChI is InChI=1S/C15H16N2O3/c1-15(20)6-7-17(9-15)14(19)12-8-16-13(18)11-5-3-2-4-10(11)12/h2-5,8,20H,6-7,9H2,1H3,(H,16,18)/t15-/m1/s1. The Labute approximate surface area is 115 Å². The monoisotopic (exact) mass is 272 g/mol. The zero-order chi connectivity index (χ0) is 14.3. The quantitative estimate of drug-likeness (QED) is 0.817. The number of amides is 1. The third kappa shape index (κ3) is 2.10. The van der Waals surface area contributed by atoms with Crippen LogP contribution in [-0.2, 0) is 0 Å². The van der Waals surface area contributed by atoms with Crippen LogP contribution >= 0.6 is 0 Å². The Hall–Kier alpha value is -2.14. The molecule has 2 heterocycles. The minimum atomic E-state index is -0.826. The van der Waals surface area contributed by atoms with Crippen LogP contribution in [0.4, 0.5) is 0 Å². The fourth-order valence-electron chi connectivity index (χ4n) is 2.67. The Kier molecular flexibility index (Phi) is 2.87. The molecule has 1 saturated heterocycles. The number of aromatic amines is 1. The number of carbonyl (C=O) groups is 1. The minimum absolute atomic E-state index is 0.157. The summed E-state index contributed by atoms with van der Waals surface area (Å²) in [7, 11) is 0. The second-order valence-electron chi connectivity index (χ2n) is 5.55. The number of hydrogen-bond acceptors (Lipinski definition) is 3. The molecular weight excluding hydrogens is 256 g/mol. The van der Waals surface area contributed by atoms with Crippen LogP contribution in [0.25, 0.3) is 10.8 Å². The number of benzene rings is 1. The van der Waals surface area contributed by atoms with E-state index in [-0.39, 0.29) is 11.5 Å². The van der Waals surface area contributed by atoms with Crippen molar-refractivity contribution >= 4 is 16.7 Å². The maximum atomic E-state index is 12.6. The Balaban J connectivity index is 2.05. The number of nitrogens with zero attached hydrogens (tertiary/aromatic N) is 1. The molecule has 20 heavy (non-hydrogen) atoms. The minimum Gasteiger partial charge on any atom is -0.388 e. The lowest BCUT2D eigenvalue weighted by atomic mass is 10.1. The van der Waals surface area contributed by atoms with Crippen LogP contribution in [0.1, 0.15) is 23.7 Å². The number of β-amino-alcohol motifs (C(OH)–C–C–N with tert-alkyl or cyclic N) is 1. The summed E-state index contributed by atoms with van der Waals surface area (Å²) in [5.74, 6) is -0.157. The zero-order valence-electron chi connectivity index (χ0n) is 11.2. The predicted octanol–water partition coefficient (Wildman–Crippen LogP) is 1.12. The molecule has 0 bridgehead atoms. The molecule has 1 amide bonds. The van der Waals surface area contributed by atoms with E-state index in [1.54, 1.807) is 36.1 Å². The lowest BCUT2D eigenvalue weighted by Crippen LogP contribution is -2.34. The van der Waals surface area contributed by atoms with E-state index < -0.39 is 5.60 Å². The largest absolute Gasteiger partial charge is 0.388 e. The molecule has 1 fully saturated rings. The summed E-state index contributed by atoms with van der Waals surface area (Å²) in [5, 5.41) is 11.1. The van der Waals surface area contributed by atoms with E-state index in [0.29, 0.717) is 35.8 Å². The van der Waals surface area contributed by atoms with Crippen molar-refractivity contribution in [3.63, 3.8) is 0 Å². The average molecular weight is 272 g/mol. The summed E-state index contributed by atoms with van der Waals surface area (Å²) in [4.78, 5) is 28.5. The van der Waals surface area contributed by atoms with Gasteiger partial charge in [0.25, 0.3) is 11.5 Å². The zero-order valence-corrected chi connectivity index (χ0v) is 11.2. The van der Waals surface area contributed by atoms with Gasteiger partial charge in [0.1, 0.15) is 0 Å². The van der Waals surface area contributed by atoms with Crippen molar-refractivity contribution in [2.45, 2.75) is 18.9 Å². The van der Waals surface area contributed by atoms with E-state index in [0.717, 1.165) is 0 Å². The Bertz CT molecular complexity index is 733. The summed E-state index contributed by atoms with van der Waals surface area (Å²) in [6, 6.07) is 7.04. The maximum absolute atomic E-state index is 12.6. The summed E-state index contributed by atoms with van der Waals surface area (Å²) >= 11 is 0. The number of rotatable bonds is 1. The molecular formula is C15H16N2O3. The van der Waals surface area contributed by atoms with Gasteiger partial charge in [0.05, 0.1) is 11.2 Å². The first kappa shape index (κ1) is 12.9. The van der Waals surface area contributed by atoms with Crippen molar-refractivity contribution in [1.82, 2.24) is 9.88 Å². The molecule has 0 radical (unpaired) electrons. The number of aliphatic hydroxyl groups is 1. The molecule has 1 aromatic carbocycles. The molecule has 0 saturated carbocycles. The van der Waals surface area contributed by atoms with Gasteiger partial charge in [-0.3, -0.25) is 9.59 Å². The van der Waals surface area contributed by atoms with E-state index in [4.69, 9.17) is 0 Å². The normalized spacial score (nSPS) is 22.4. The summed E-state index contributed by atoms with van der Waals surface area (Å²) in [6.45, 7) is 2.57. The van der Waals surface area contributed by atoms with Crippen LogP contribution in [0.3, 0.4) is 0 Å². The number of hydrogen-bond donors (Lipinski definition) is 2. The Morgan fingerprint density at radius 2 is 2.05 bits per heavy atom. The van der Waals surface area contributed by atoms with Gasteiger partial charge in [0, 0.05) is 30.1 Å². The van der Waals surface area contributed by atoms with Crippen molar-refractivity contribution in [2.75, 3.05) is 13.1 Å². The molecule has 2 N–H and O–H groups in total. The lowest BCUT2D eigenvalue weighted by molar-refractivity contribution is 0.0573. The highest BCUT2D eigenvalue weighted by molar-refractivity contribution is 6.06. The lowest BCUT2D eigenvalue weighted by Gasteiger charge is -2.19. The van der Waals surface area contributed by atoms with E-state index in [2.05, 4.69) is 4.98 Å². The number of aromatic nitrogens is 1. The molecule has 1 aliphatic heterocycles. The number of nitrogens with one attached hydrogen (secondary N) is 1. The van der Waals surface area contributed by atoms with Crippen molar-refractivity contribution in [3.05, 3.63) is 46.4 Å². The van der Waals surface area contributed by atoms with Gasteiger partial charge in [-0.25, -0.2) is 0 Å². The van der Waals surface area contributed by atoms with Gasteiger partial charge in [-0.1, -0.05) is 18.2 Å². The molecule has 104 valence electrons. The van der Waals surface area contributed by atoms with E-state index in [9.17, 15) is 14.7 Å². The Morgan fingerprint density at radius 3 is 2.70 bits per heavy atom. The number of likely N-dealkylation sites (tertiary alicyclic amines) is 1. The second kappa shape index (κ2) is 4.45. The molecule has 0 spiro atoms. The van der Waals surface area contributed by atoms with Gasteiger partial charge in [0.2, 0.25) is 0 Å². The molecule has 1 atom stereocenters. The van der Waals surface area contributed by atoms with Gasteiger partial charge >= 0.3 is 0 Å². The predicted molar refractivity (Wildman–Crippen MR) is 75.7 cm³/mol. The molecule has 3 rings (SSSR count). The van der Waals surface area contributed by atoms with E-state index >= 15 is 0 Å². The number of pyridine rings is 1. The third-order valence-corrected chi connectivity index (χ3v) is 3.78. The molecule has 0 aliphatic carbocycles. The van der Waals surface area contributed by atoms with Gasteiger partial charge < -0.3 is 15.0 Å².